The topological polar surface area (TPSA) is 103 Å². The number of nitrogens with zero attached hydrogens (tertiary/aromatic N) is 4. The van der Waals surface area contributed by atoms with E-state index in [9.17, 15) is 4.79 Å². The molecule has 8 heteroatoms. The van der Waals surface area contributed by atoms with Crippen molar-refractivity contribution in [2.24, 2.45) is 5.73 Å². The van der Waals surface area contributed by atoms with Crippen LogP contribution in [0, 0.1) is 0 Å². The Labute approximate surface area is 187 Å². The number of carbonyl (C=O) groups excluding carboxylic acids is 1. The molecule has 2 heterocycles. The molecule has 0 atom stereocenters. The van der Waals surface area contributed by atoms with Gasteiger partial charge in [0.25, 0.3) is 5.91 Å². The largest absolute Gasteiger partial charge is 0.484 e. The first-order valence-corrected chi connectivity index (χ1v) is 10.7. The van der Waals surface area contributed by atoms with E-state index in [1.54, 1.807) is 23.5 Å². The molecule has 1 aliphatic rings. The van der Waals surface area contributed by atoms with E-state index in [0.717, 1.165) is 36.8 Å². The molecule has 0 saturated heterocycles. The SMILES string of the molecule is COc1ncc(-c2ccc(N(C(=O)COc3ccccc3)C3CCC(N)CC3)nc2)cn1. The molecule has 1 fully saturated rings. The predicted octanol–water partition coefficient (Wildman–Crippen LogP) is 3.23. The summed E-state index contributed by atoms with van der Waals surface area (Å²) in [6, 6.07) is 13.7. The van der Waals surface area contributed by atoms with Crippen molar-refractivity contribution in [3.8, 4) is 22.9 Å². The zero-order valence-electron chi connectivity index (χ0n) is 18.1. The molecule has 0 spiro atoms. The first-order chi connectivity index (χ1) is 15.6. The van der Waals surface area contributed by atoms with Crippen LogP contribution in [-0.2, 0) is 4.79 Å². The summed E-state index contributed by atoms with van der Waals surface area (Å²) >= 11 is 0. The summed E-state index contributed by atoms with van der Waals surface area (Å²) in [6.45, 7) is -0.0533. The van der Waals surface area contributed by atoms with Gasteiger partial charge in [0, 0.05) is 41.8 Å². The standard InChI is InChI=1S/C24H27N5O3/c1-31-24-27-14-18(15-28-24)17-7-12-22(26-13-17)29(20-10-8-19(25)9-11-20)23(30)16-32-21-5-3-2-4-6-21/h2-7,12-15,19-20H,8-11,16,25H2,1H3. The number of anilines is 1. The van der Waals surface area contributed by atoms with E-state index in [2.05, 4.69) is 15.0 Å². The monoisotopic (exact) mass is 433 g/mol. The average Bonchev–Trinajstić information content (AvgIpc) is 2.85. The Morgan fingerprint density at radius 2 is 1.66 bits per heavy atom. The van der Waals surface area contributed by atoms with Crippen LogP contribution in [0.25, 0.3) is 11.1 Å². The number of rotatable bonds is 7. The van der Waals surface area contributed by atoms with E-state index in [1.165, 1.54) is 7.11 Å². The van der Waals surface area contributed by atoms with Crippen molar-refractivity contribution in [3.63, 3.8) is 0 Å². The third kappa shape index (κ3) is 5.20. The number of carbonyl (C=O) groups is 1. The minimum absolute atomic E-state index is 0.0457. The van der Waals surface area contributed by atoms with Gasteiger partial charge in [-0.05, 0) is 49.9 Å². The van der Waals surface area contributed by atoms with Crippen molar-refractivity contribution < 1.29 is 14.3 Å². The molecule has 0 radical (unpaired) electrons. The smallest absolute Gasteiger partial charge is 0.316 e. The maximum Gasteiger partial charge on any atom is 0.316 e. The summed E-state index contributed by atoms with van der Waals surface area (Å²) in [6.07, 6.45) is 8.54. The van der Waals surface area contributed by atoms with Crippen molar-refractivity contribution in [1.29, 1.82) is 0 Å². The third-order valence-electron chi connectivity index (χ3n) is 5.62. The van der Waals surface area contributed by atoms with Crippen molar-refractivity contribution in [1.82, 2.24) is 15.0 Å². The van der Waals surface area contributed by atoms with Gasteiger partial charge in [0.2, 0.25) is 0 Å². The van der Waals surface area contributed by atoms with E-state index in [4.69, 9.17) is 15.2 Å². The molecule has 0 aliphatic heterocycles. The predicted molar refractivity (Wildman–Crippen MR) is 121 cm³/mol. The molecule has 1 saturated carbocycles. The van der Waals surface area contributed by atoms with Crippen LogP contribution in [0.5, 0.6) is 11.8 Å². The Kier molecular flexibility index (Phi) is 6.91. The van der Waals surface area contributed by atoms with Gasteiger partial charge in [-0.2, -0.15) is 0 Å². The van der Waals surface area contributed by atoms with Gasteiger partial charge in [0.1, 0.15) is 11.6 Å². The van der Waals surface area contributed by atoms with Crippen LogP contribution in [0.1, 0.15) is 25.7 Å². The van der Waals surface area contributed by atoms with Crippen LogP contribution in [0.4, 0.5) is 5.82 Å². The summed E-state index contributed by atoms with van der Waals surface area (Å²) in [5, 5.41) is 0. The number of para-hydroxylation sites is 1. The van der Waals surface area contributed by atoms with Crippen LogP contribution < -0.4 is 20.1 Å². The first kappa shape index (κ1) is 21.7. The van der Waals surface area contributed by atoms with Gasteiger partial charge < -0.3 is 15.2 Å². The van der Waals surface area contributed by atoms with E-state index >= 15 is 0 Å². The quantitative estimate of drug-likeness (QED) is 0.610. The lowest BCUT2D eigenvalue weighted by molar-refractivity contribution is -0.121. The number of pyridine rings is 1. The second kappa shape index (κ2) is 10.2. The highest BCUT2D eigenvalue weighted by molar-refractivity contribution is 5.94. The van der Waals surface area contributed by atoms with E-state index in [-0.39, 0.29) is 24.6 Å². The summed E-state index contributed by atoms with van der Waals surface area (Å²) < 4.78 is 10.7. The second-order valence-electron chi connectivity index (χ2n) is 7.80. The Hall–Kier alpha value is -3.52. The molecule has 0 unspecified atom stereocenters. The lowest BCUT2D eigenvalue weighted by atomic mass is 9.90. The molecule has 4 rings (SSSR count). The molecule has 1 amide bonds. The van der Waals surface area contributed by atoms with Gasteiger partial charge in [-0.1, -0.05) is 18.2 Å². The van der Waals surface area contributed by atoms with Crippen molar-refractivity contribution in [2.45, 2.75) is 37.8 Å². The zero-order valence-corrected chi connectivity index (χ0v) is 18.1. The van der Waals surface area contributed by atoms with Crippen LogP contribution >= 0.6 is 0 Å². The fourth-order valence-corrected chi connectivity index (χ4v) is 3.88. The minimum atomic E-state index is -0.123. The maximum atomic E-state index is 13.2. The fourth-order valence-electron chi connectivity index (χ4n) is 3.88. The molecular formula is C24H27N5O3. The maximum absolute atomic E-state index is 13.2. The van der Waals surface area contributed by atoms with Gasteiger partial charge in [0.05, 0.1) is 7.11 Å². The normalized spacial score (nSPS) is 18.1. The molecule has 3 aromatic rings. The average molecular weight is 434 g/mol. The van der Waals surface area contributed by atoms with E-state index < -0.39 is 0 Å². The van der Waals surface area contributed by atoms with Crippen LogP contribution in [0.3, 0.4) is 0 Å². The number of hydrogen-bond acceptors (Lipinski definition) is 7. The fraction of sp³-hybridized carbons (Fsp3) is 0.333. The van der Waals surface area contributed by atoms with Gasteiger partial charge in [0.15, 0.2) is 6.61 Å². The highest BCUT2D eigenvalue weighted by Crippen LogP contribution is 2.28. The van der Waals surface area contributed by atoms with Crippen molar-refractivity contribution in [2.75, 3.05) is 18.6 Å². The summed E-state index contributed by atoms with van der Waals surface area (Å²) in [5.74, 6) is 1.14. The second-order valence-corrected chi connectivity index (χ2v) is 7.80. The van der Waals surface area contributed by atoms with Crippen LogP contribution in [0.15, 0.2) is 61.1 Å². The molecule has 1 aromatic carbocycles. The van der Waals surface area contributed by atoms with Gasteiger partial charge in [-0.15, -0.1) is 0 Å². The van der Waals surface area contributed by atoms with Gasteiger partial charge in [-0.25, -0.2) is 15.0 Å². The Balaban J connectivity index is 1.53. The molecule has 2 aromatic heterocycles. The highest BCUT2D eigenvalue weighted by Gasteiger charge is 2.30. The van der Waals surface area contributed by atoms with Gasteiger partial charge in [-0.3, -0.25) is 9.69 Å². The third-order valence-corrected chi connectivity index (χ3v) is 5.62. The summed E-state index contributed by atoms with van der Waals surface area (Å²) in [4.78, 5) is 27.9. The lowest BCUT2D eigenvalue weighted by Gasteiger charge is -2.35. The summed E-state index contributed by atoms with van der Waals surface area (Å²) in [5.41, 5.74) is 7.76. The Morgan fingerprint density at radius 3 is 2.28 bits per heavy atom. The number of aromatic nitrogens is 3. The minimum Gasteiger partial charge on any atom is -0.484 e. The number of benzene rings is 1. The van der Waals surface area contributed by atoms with Crippen LogP contribution in [-0.4, -0.2) is 46.7 Å². The van der Waals surface area contributed by atoms with Gasteiger partial charge >= 0.3 is 6.01 Å². The van der Waals surface area contributed by atoms with E-state index in [0.29, 0.717) is 17.6 Å². The number of ether oxygens (including phenoxy) is 2. The number of amides is 1. The molecular weight excluding hydrogens is 406 g/mol. The molecule has 166 valence electrons. The lowest BCUT2D eigenvalue weighted by Crippen LogP contribution is -2.46. The van der Waals surface area contributed by atoms with Crippen molar-refractivity contribution in [3.05, 3.63) is 61.1 Å². The number of hydrogen-bond donors (Lipinski definition) is 1. The van der Waals surface area contributed by atoms with Crippen molar-refractivity contribution >= 4 is 11.7 Å². The molecule has 0 bridgehead atoms. The number of methoxy groups -OCH3 is 1. The Bertz CT molecular complexity index is 1000. The molecule has 32 heavy (non-hydrogen) atoms. The zero-order chi connectivity index (χ0) is 22.3. The highest BCUT2D eigenvalue weighted by atomic mass is 16.5. The molecule has 2 N–H and O–H groups in total. The summed E-state index contributed by atoms with van der Waals surface area (Å²) in [7, 11) is 1.52. The number of nitrogens with two attached hydrogens (primary N) is 1. The molecule has 1 aliphatic carbocycles. The Morgan fingerprint density at radius 1 is 0.969 bits per heavy atom. The van der Waals surface area contributed by atoms with E-state index in [1.807, 2.05) is 42.5 Å². The first-order valence-electron chi connectivity index (χ1n) is 10.7. The van der Waals surface area contributed by atoms with Crippen LogP contribution in [0.2, 0.25) is 0 Å². The molecule has 8 nitrogen and oxygen atoms in total.